The lowest BCUT2D eigenvalue weighted by molar-refractivity contribution is 0.414. The summed E-state index contributed by atoms with van der Waals surface area (Å²) in [6, 6.07) is 11.9. The third-order valence-electron chi connectivity index (χ3n) is 3.41. The molecular weight excluding hydrogens is 310 g/mol. The molecule has 0 aliphatic carbocycles. The zero-order valence-electron chi connectivity index (χ0n) is 13.2. The van der Waals surface area contributed by atoms with Crippen molar-refractivity contribution < 1.29 is 9.15 Å². The van der Waals surface area contributed by atoms with Crippen molar-refractivity contribution in [3.63, 3.8) is 0 Å². The fraction of sp³-hybridized carbons (Fsp3) is 0.294. The Morgan fingerprint density at radius 3 is 2.87 bits per heavy atom. The largest absolute Gasteiger partial charge is 0.497 e. The summed E-state index contributed by atoms with van der Waals surface area (Å²) >= 11 is 1.67. The number of aromatic nitrogens is 3. The minimum Gasteiger partial charge on any atom is -0.497 e. The van der Waals surface area contributed by atoms with Gasteiger partial charge in [0.2, 0.25) is 0 Å². The molecule has 0 saturated carbocycles. The number of nitrogens with zero attached hydrogens (tertiary/aromatic N) is 3. The summed E-state index contributed by atoms with van der Waals surface area (Å²) in [5, 5.41) is 9.53. The molecule has 0 N–H and O–H groups in total. The van der Waals surface area contributed by atoms with Crippen LogP contribution in [0.4, 0.5) is 0 Å². The molecule has 0 amide bonds. The van der Waals surface area contributed by atoms with Gasteiger partial charge in [0.1, 0.15) is 5.75 Å². The summed E-state index contributed by atoms with van der Waals surface area (Å²) in [6.07, 6.45) is 2.67. The molecule has 0 aliphatic rings. The van der Waals surface area contributed by atoms with Crippen LogP contribution in [0.15, 0.2) is 52.2 Å². The van der Waals surface area contributed by atoms with Crippen molar-refractivity contribution in [1.29, 1.82) is 0 Å². The monoisotopic (exact) mass is 329 g/mol. The maximum atomic E-state index is 5.46. The number of thioether (sulfide) groups is 1. The molecule has 0 spiro atoms. The summed E-state index contributed by atoms with van der Waals surface area (Å²) in [5.74, 6) is 3.22. The van der Waals surface area contributed by atoms with E-state index in [1.54, 1.807) is 25.1 Å². The van der Waals surface area contributed by atoms with E-state index in [0.29, 0.717) is 0 Å². The van der Waals surface area contributed by atoms with Crippen molar-refractivity contribution in [2.75, 3.05) is 7.11 Å². The number of hydrogen-bond donors (Lipinski definition) is 0. The normalized spacial score (nSPS) is 10.9. The number of benzene rings is 1. The Balaban J connectivity index is 1.79. The molecule has 0 radical (unpaired) electrons. The molecule has 3 aromatic rings. The lowest BCUT2D eigenvalue weighted by atomic mass is 10.2. The summed E-state index contributed by atoms with van der Waals surface area (Å²) in [7, 11) is 1.68. The molecule has 0 bridgehead atoms. The van der Waals surface area contributed by atoms with Gasteiger partial charge in [-0.1, -0.05) is 30.8 Å². The van der Waals surface area contributed by atoms with Gasteiger partial charge in [0.05, 0.1) is 13.4 Å². The Morgan fingerprint density at radius 1 is 1.22 bits per heavy atom. The minimum absolute atomic E-state index is 0.749. The smallest absolute Gasteiger partial charge is 0.200 e. The average molecular weight is 329 g/mol. The Hall–Kier alpha value is -2.21. The van der Waals surface area contributed by atoms with E-state index in [-0.39, 0.29) is 0 Å². The van der Waals surface area contributed by atoms with Gasteiger partial charge in [0.25, 0.3) is 0 Å². The number of furan rings is 1. The van der Waals surface area contributed by atoms with Gasteiger partial charge < -0.3 is 9.15 Å². The number of methoxy groups -OCH3 is 1. The Kier molecular flexibility index (Phi) is 5.02. The molecule has 2 heterocycles. The predicted octanol–water partition coefficient (Wildman–Crippen LogP) is 4.25. The van der Waals surface area contributed by atoms with E-state index in [1.165, 1.54) is 5.56 Å². The first kappa shape index (κ1) is 15.7. The van der Waals surface area contributed by atoms with Gasteiger partial charge in [-0.2, -0.15) is 0 Å². The number of rotatable bonds is 7. The molecule has 23 heavy (non-hydrogen) atoms. The lowest BCUT2D eigenvalue weighted by Gasteiger charge is -2.08. The van der Waals surface area contributed by atoms with Crippen LogP contribution in [0.2, 0.25) is 0 Å². The number of ether oxygens (including phenoxy) is 1. The van der Waals surface area contributed by atoms with Crippen LogP contribution in [0.3, 0.4) is 0 Å². The highest BCUT2D eigenvalue weighted by Crippen LogP contribution is 2.27. The maximum Gasteiger partial charge on any atom is 0.200 e. The van der Waals surface area contributed by atoms with Crippen molar-refractivity contribution in [2.24, 2.45) is 0 Å². The van der Waals surface area contributed by atoms with Crippen LogP contribution < -0.4 is 4.74 Å². The molecule has 3 rings (SSSR count). The zero-order chi connectivity index (χ0) is 16.1. The van der Waals surface area contributed by atoms with E-state index >= 15 is 0 Å². The van der Waals surface area contributed by atoms with Crippen LogP contribution in [0.5, 0.6) is 5.75 Å². The Bertz CT molecular complexity index is 753. The molecule has 1 aromatic carbocycles. The standard InChI is InChI=1S/C17H19N3O2S/c1-3-9-20-16(15-8-5-10-22-15)18-19-17(20)23-12-13-6-4-7-14(11-13)21-2/h4-8,10-11H,3,9,12H2,1-2H3. The lowest BCUT2D eigenvalue weighted by Crippen LogP contribution is -2.01. The highest BCUT2D eigenvalue weighted by Gasteiger charge is 2.15. The molecule has 0 fully saturated rings. The molecule has 120 valence electrons. The van der Waals surface area contributed by atoms with E-state index < -0.39 is 0 Å². The highest BCUT2D eigenvalue weighted by molar-refractivity contribution is 7.98. The zero-order valence-corrected chi connectivity index (χ0v) is 14.0. The Morgan fingerprint density at radius 2 is 2.13 bits per heavy atom. The van der Waals surface area contributed by atoms with E-state index in [2.05, 4.69) is 27.8 Å². The van der Waals surface area contributed by atoms with Crippen molar-refractivity contribution >= 4 is 11.8 Å². The molecule has 0 unspecified atom stereocenters. The van der Waals surface area contributed by atoms with Crippen LogP contribution in [-0.4, -0.2) is 21.9 Å². The van der Waals surface area contributed by atoms with Crippen LogP contribution in [0.1, 0.15) is 18.9 Å². The maximum absolute atomic E-state index is 5.46. The molecular formula is C17H19N3O2S. The molecule has 0 atom stereocenters. The summed E-state index contributed by atoms with van der Waals surface area (Å²) in [5.41, 5.74) is 1.19. The van der Waals surface area contributed by atoms with E-state index in [4.69, 9.17) is 9.15 Å². The summed E-state index contributed by atoms with van der Waals surface area (Å²) in [4.78, 5) is 0. The van der Waals surface area contributed by atoms with Gasteiger partial charge in [-0.05, 0) is 36.2 Å². The fourth-order valence-corrected chi connectivity index (χ4v) is 3.23. The van der Waals surface area contributed by atoms with Crippen LogP contribution in [0, 0.1) is 0 Å². The first-order valence-electron chi connectivity index (χ1n) is 7.54. The van der Waals surface area contributed by atoms with Crippen LogP contribution in [-0.2, 0) is 12.3 Å². The van der Waals surface area contributed by atoms with Crippen molar-refractivity contribution in [3.05, 3.63) is 48.2 Å². The van der Waals surface area contributed by atoms with Gasteiger partial charge in [-0.25, -0.2) is 0 Å². The van der Waals surface area contributed by atoms with Gasteiger partial charge >= 0.3 is 0 Å². The van der Waals surface area contributed by atoms with E-state index in [9.17, 15) is 0 Å². The SMILES string of the molecule is CCCn1c(SCc2cccc(OC)c2)nnc1-c1ccco1. The molecule has 5 nitrogen and oxygen atoms in total. The van der Waals surface area contributed by atoms with E-state index in [0.717, 1.165) is 41.2 Å². The number of hydrogen-bond acceptors (Lipinski definition) is 5. The fourth-order valence-electron chi connectivity index (χ4n) is 2.32. The second-order valence-corrected chi connectivity index (χ2v) is 6.02. The van der Waals surface area contributed by atoms with Gasteiger partial charge in [-0.3, -0.25) is 4.57 Å². The van der Waals surface area contributed by atoms with Crippen molar-refractivity contribution in [3.8, 4) is 17.3 Å². The Labute approximate surface area is 139 Å². The van der Waals surface area contributed by atoms with E-state index in [1.807, 2.05) is 30.3 Å². The first-order valence-corrected chi connectivity index (χ1v) is 8.53. The van der Waals surface area contributed by atoms with Gasteiger partial charge in [-0.15, -0.1) is 10.2 Å². The third-order valence-corrected chi connectivity index (χ3v) is 4.45. The minimum atomic E-state index is 0.749. The molecule has 0 aliphatic heterocycles. The second kappa shape index (κ2) is 7.37. The first-order chi connectivity index (χ1) is 11.3. The molecule has 2 aromatic heterocycles. The van der Waals surface area contributed by atoms with Crippen LogP contribution >= 0.6 is 11.8 Å². The van der Waals surface area contributed by atoms with Crippen molar-refractivity contribution in [2.45, 2.75) is 30.8 Å². The predicted molar refractivity (Wildman–Crippen MR) is 90.6 cm³/mol. The molecule has 0 saturated heterocycles. The summed E-state index contributed by atoms with van der Waals surface area (Å²) in [6.45, 7) is 3.01. The van der Waals surface area contributed by atoms with Crippen molar-refractivity contribution in [1.82, 2.24) is 14.8 Å². The quantitative estimate of drug-likeness (QED) is 0.607. The summed E-state index contributed by atoms with van der Waals surface area (Å²) < 4.78 is 12.8. The molecule has 6 heteroatoms. The van der Waals surface area contributed by atoms with Gasteiger partial charge in [0.15, 0.2) is 16.7 Å². The van der Waals surface area contributed by atoms with Gasteiger partial charge in [0, 0.05) is 12.3 Å². The highest BCUT2D eigenvalue weighted by atomic mass is 32.2. The van der Waals surface area contributed by atoms with Crippen LogP contribution in [0.25, 0.3) is 11.6 Å². The third kappa shape index (κ3) is 3.59. The topological polar surface area (TPSA) is 53.1 Å². The average Bonchev–Trinajstić information content (AvgIpc) is 3.23. The second-order valence-electron chi connectivity index (χ2n) is 5.08.